The van der Waals surface area contributed by atoms with Crippen LogP contribution >= 0.6 is 0 Å². The molecule has 1 aliphatic rings. The zero-order chi connectivity index (χ0) is 10.8. The summed E-state index contributed by atoms with van der Waals surface area (Å²) in [5.41, 5.74) is 6.11. The molecule has 0 aliphatic heterocycles. The maximum Gasteiger partial charge on any atom is 0.00577 e. The number of allylic oxidation sites excluding steroid dienone is 2. The van der Waals surface area contributed by atoms with Crippen LogP contribution in [0.15, 0.2) is 23.8 Å². The molecule has 0 bridgehead atoms. The van der Waals surface area contributed by atoms with Gasteiger partial charge < -0.3 is 0 Å². The molecule has 15 heavy (non-hydrogen) atoms. The highest BCUT2D eigenvalue weighted by Crippen LogP contribution is 2.45. The number of hydrogen-bond acceptors (Lipinski definition) is 0. The van der Waals surface area contributed by atoms with E-state index >= 15 is 0 Å². The molecule has 0 N–H and O–H groups in total. The Balaban J connectivity index is 2.56. The van der Waals surface area contributed by atoms with E-state index in [0.29, 0.717) is 5.92 Å². The first kappa shape index (κ1) is 10.5. The van der Waals surface area contributed by atoms with Crippen LogP contribution < -0.4 is 0 Å². The molecule has 0 fully saturated rings. The summed E-state index contributed by atoms with van der Waals surface area (Å²) in [7, 11) is 0. The predicted molar refractivity (Wildman–Crippen MR) is 65.8 cm³/mol. The van der Waals surface area contributed by atoms with Crippen LogP contribution in [-0.2, 0) is 0 Å². The van der Waals surface area contributed by atoms with Gasteiger partial charge in [-0.3, -0.25) is 0 Å². The largest absolute Gasteiger partial charge is 0.0645 e. The third-order valence-electron chi connectivity index (χ3n) is 3.52. The normalized spacial score (nSPS) is 19.5. The van der Waals surface area contributed by atoms with Crippen LogP contribution in [0.5, 0.6) is 0 Å². The quantitative estimate of drug-likeness (QED) is 0.669. The summed E-state index contributed by atoms with van der Waals surface area (Å²) >= 11 is 0. The molecule has 79 valence electrons. The lowest BCUT2D eigenvalue weighted by Crippen LogP contribution is -1.96. The van der Waals surface area contributed by atoms with E-state index in [0.717, 1.165) is 6.42 Å². The maximum atomic E-state index is 3.42. The SMILES string of the molecule is CCC1=C(CC)C(CC)c2ccc[c]c21. The van der Waals surface area contributed by atoms with Gasteiger partial charge in [-0.15, -0.1) is 0 Å². The molecule has 0 nitrogen and oxygen atoms in total. The van der Waals surface area contributed by atoms with Crippen molar-refractivity contribution in [2.75, 3.05) is 0 Å². The van der Waals surface area contributed by atoms with Crippen molar-refractivity contribution in [3.63, 3.8) is 0 Å². The smallest absolute Gasteiger partial charge is 0.00577 e. The lowest BCUT2D eigenvalue weighted by molar-refractivity contribution is 0.746. The molecule has 0 heteroatoms. The van der Waals surface area contributed by atoms with Crippen LogP contribution in [-0.4, -0.2) is 0 Å². The molecule has 1 atom stereocenters. The highest BCUT2D eigenvalue weighted by atomic mass is 14.3. The Labute approximate surface area is 93.0 Å². The lowest BCUT2D eigenvalue weighted by atomic mass is 9.92. The van der Waals surface area contributed by atoms with Gasteiger partial charge in [-0.2, -0.15) is 0 Å². The van der Waals surface area contributed by atoms with Gasteiger partial charge in [0.25, 0.3) is 0 Å². The standard InChI is InChI=1S/C15H19/c1-4-11-12(5-2)14-9-7-8-10-15(14)13(11)6-3/h7-9,12H,4-6H2,1-3H3. The fourth-order valence-corrected chi connectivity index (χ4v) is 2.89. The molecule has 1 aromatic carbocycles. The van der Waals surface area contributed by atoms with E-state index in [1.54, 1.807) is 11.1 Å². The number of rotatable bonds is 3. The monoisotopic (exact) mass is 199 g/mol. The van der Waals surface area contributed by atoms with Gasteiger partial charge in [-0.1, -0.05) is 44.5 Å². The second kappa shape index (κ2) is 4.22. The topological polar surface area (TPSA) is 0 Å². The first-order valence-electron chi connectivity index (χ1n) is 6.06. The Kier molecular flexibility index (Phi) is 2.95. The molecular weight excluding hydrogens is 180 g/mol. The van der Waals surface area contributed by atoms with Crippen molar-refractivity contribution in [1.29, 1.82) is 0 Å². The van der Waals surface area contributed by atoms with Crippen molar-refractivity contribution < 1.29 is 0 Å². The molecule has 0 amide bonds. The van der Waals surface area contributed by atoms with Gasteiger partial charge in [-0.25, -0.2) is 0 Å². The van der Waals surface area contributed by atoms with Crippen molar-refractivity contribution in [3.8, 4) is 0 Å². The van der Waals surface area contributed by atoms with E-state index in [4.69, 9.17) is 0 Å². The summed E-state index contributed by atoms with van der Waals surface area (Å²) in [6, 6.07) is 9.86. The number of benzene rings is 1. The minimum atomic E-state index is 0.664. The minimum absolute atomic E-state index is 0.664. The predicted octanol–water partition coefficient (Wildman–Crippen LogP) is 4.57. The number of fused-ring (bicyclic) bond motifs is 1. The average Bonchev–Trinajstić information content (AvgIpc) is 2.61. The molecule has 0 heterocycles. The summed E-state index contributed by atoms with van der Waals surface area (Å²) in [4.78, 5) is 0. The van der Waals surface area contributed by atoms with E-state index in [-0.39, 0.29) is 0 Å². The molecule has 0 aromatic heterocycles. The Morgan fingerprint density at radius 3 is 2.60 bits per heavy atom. The van der Waals surface area contributed by atoms with Crippen LogP contribution in [0, 0.1) is 6.07 Å². The van der Waals surface area contributed by atoms with Gasteiger partial charge in [0, 0.05) is 5.92 Å². The number of hydrogen-bond donors (Lipinski definition) is 0. The van der Waals surface area contributed by atoms with E-state index in [2.05, 4.69) is 39.0 Å². The summed E-state index contributed by atoms with van der Waals surface area (Å²) in [6.45, 7) is 6.82. The third-order valence-corrected chi connectivity index (χ3v) is 3.52. The van der Waals surface area contributed by atoms with Crippen LogP contribution in [0.1, 0.15) is 57.1 Å². The van der Waals surface area contributed by atoms with E-state index in [1.807, 2.05) is 6.07 Å². The van der Waals surface area contributed by atoms with E-state index in [9.17, 15) is 0 Å². The van der Waals surface area contributed by atoms with Gasteiger partial charge in [0.05, 0.1) is 0 Å². The molecule has 2 rings (SSSR count). The summed E-state index contributed by atoms with van der Waals surface area (Å²) in [5.74, 6) is 0.664. The average molecular weight is 199 g/mol. The van der Waals surface area contributed by atoms with Crippen molar-refractivity contribution >= 4 is 5.57 Å². The second-order valence-electron chi connectivity index (χ2n) is 4.17. The molecule has 1 aliphatic carbocycles. The molecule has 0 saturated carbocycles. The van der Waals surface area contributed by atoms with Crippen LogP contribution in [0.4, 0.5) is 0 Å². The molecule has 1 unspecified atom stereocenters. The van der Waals surface area contributed by atoms with Crippen LogP contribution in [0.2, 0.25) is 0 Å². The molecular formula is C15H19. The molecule has 0 spiro atoms. The van der Waals surface area contributed by atoms with Crippen molar-refractivity contribution in [2.45, 2.75) is 46.0 Å². The van der Waals surface area contributed by atoms with Crippen molar-refractivity contribution in [1.82, 2.24) is 0 Å². The fourth-order valence-electron chi connectivity index (χ4n) is 2.89. The Morgan fingerprint density at radius 1 is 1.20 bits per heavy atom. The lowest BCUT2D eigenvalue weighted by Gasteiger charge is -2.13. The Hall–Kier alpha value is -1.04. The van der Waals surface area contributed by atoms with Crippen LogP contribution in [0.25, 0.3) is 5.57 Å². The first-order chi connectivity index (χ1) is 7.33. The van der Waals surface area contributed by atoms with Gasteiger partial charge >= 0.3 is 0 Å². The second-order valence-corrected chi connectivity index (χ2v) is 4.17. The highest BCUT2D eigenvalue weighted by molar-refractivity contribution is 5.77. The fraction of sp³-hybridized carbons (Fsp3) is 0.467. The Morgan fingerprint density at radius 2 is 2.00 bits per heavy atom. The van der Waals surface area contributed by atoms with Crippen molar-refractivity contribution in [3.05, 3.63) is 41.0 Å². The third kappa shape index (κ3) is 1.52. The first-order valence-corrected chi connectivity index (χ1v) is 6.06. The van der Waals surface area contributed by atoms with Crippen LogP contribution in [0.3, 0.4) is 0 Å². The van der Waals surface area contributed by atoms with Crippen molar-refractivity contribution in [2.24, 2.45) is 0 Å². The van der Waals surface area contributed by atoms with Gasteiger partial charge in [0.15, 0.2) is 0 Å². The summed E-state index contributed by atoms with van der Waals surface area (Å²) in [5, 5.41) is 0. The Bertz CT molecular complexity index is 385. The molecule has 1 aromatic rings. The maximum absolute atomic E-state index is 3.42. The highest BCUT2D eigenvalue weighted by Gasteiger charge is 2.27. The zero-order valence-corrected chi connectivity index (χ0v) is 9.93. The molecule has 0 saturated heterocycles. The van der Waals surface area contributed by atoms with E-state index in [1.165, 1.54) is 24.0 Å². The van der Waals surface area contributed by atoms with E-state index < -0.39 is 0 Å². The van der Waals surface area contributed by atoms with Gasteiger partial charge in [0.1, 0.15) is 0 Å². The minimum Gasteiger partial charge on any atom is -0.0645 e. The summed E-state index contributed by atoms with van der Waals surface area (Å²) in [6.07, 6.45) is 3.55. The molecule has 1 radical (unpaired) electrons. The summed E-state index contributed by atoms with van der Waals surface area (Å²) < 4.78 is 0. The van der Waals surface area contributed by atoms with Gasteiger partial charge in [0.2, 0.25) is 0 Å². The van der Waals surface area contributed by atoms with Gasteiger partial charge in [-0.05, 0) is 42.0 Å². The zero-order valence-electron chi connectivity index (χ0n) is 9.93.